The minimum atomic E-state index is -0.579. The third-order valence-corrected chi connectivity index (χ3v) is 4.06. The highest BCUT2D eigenvalue weighted by atomic mass is 32.2. The van der Waals surface area contributed by atoms with E-state index in [4.69, 9.17) is 4.74 Å². The molecule has 70 valence electrons. The second kappa shape index (κ2) is 4.08. The van der Waals surface area contributed by atoms with Gasteiger partial charge in [0.15, 0.2) is 0 Å². The van der Waals surface area contributed by atoms with Gasteiger partial charge < -0.3 is 4.74 Å². The average Bonchev–Trinajstić information content (AvgIpc) is 2.32. The molecule has 0 aromatic carbocycles. The van der Waals surface area contributed by atoms with Crippen molar-refractivity contribution < 1.29 is 8.95 Å². The van der Waals surface area contributed by atoms with Crippen LogP contribution >= 0.6 is 0 Å². The van der Waals surface area contributed by atoms with Crippen LogP contribution in [0, 0.1) is 5.41 Å². The van der Waals surface area contributed by atoms with E-state index in [1.807, 2.05) is 0 Å². The number of hydrogen-bond acceptors (Lipinski definition) is 2. The van der Waals surface area contributed by atoms with E-state index >= 15 is 0 Å². The summed E-state index contributed by atoms with van der Waals surface area (Å²) in [5.41, 5.74) is 0.244. The van der Waals surface area contributed by atoms with Crippen LogP contribution in [0.15, 0.2) is 12.8 Å². The Labute approximate surface area is 76.5 Å². The normalized spacial score (nSPS) is 34.9. The molecule has 1 heterocycles. The summed E-state index contributed by atoms with van der Waals surface area (Å²) in [6.07, 6.45) is 3.53. The average molecular weight is 188 g/mol. The van der Waals surface area contributed by atoms with E-state index in [1.54, 1.807) is 0 Å². The first-order valence-corrected chi connectivity index (χ1v) is 5.73. The monoisotopic (exact) mass is 188 g/mol. The Morgan fingerprint density at radius 1 is 1.75 bits per heavy atom. The van der Waals surface area contributed by atoms with Gasteiger partial charge in [-0.3, -0.25) is 4.21 Å². The fourth-order valence-electron chi connectivity index (χ4n) is 1.48. The van der Waals surface area contributed by atoms with Crippen molar-refractivity contribution in [1.29, 1.82) is 0 Å². The van der Waals surface area contributed by atoms with Gasteiger partial charge in [-0.15, -0.1) is 0 Å². The number of ether oxygens (including phenoxy) is 1. The maximum Gasteiger partial charge on any atom is 0.0878 e. The molecule has 0 spiro atoms. The first-order valence-electron chi connectivity index (χ1n) is 4.24. The SMILES string of the molecule is C=COCCC1(C)CCS(=O)C1. The molecular formula is C9H16O2S. The molecule has 0 saturated carbocycles. The van der Waals surface area contributed by atoms with Crippen molar-refractivity contribution in [2.24, 2.45) is 5.41 Å². The minimum Gasteiger partial charge on any atom is -0.502 e. The zero-order valence-electron chi connectivity index (χ0n) is 7.54. The lowest BCUT2D eigenvalue weighted by atomic mass is 9.87. The van der Waals surface area contributed by atoms with E-state index in [1.165, 1.54) is 6.26 Å². The van der Waals surface area contributed by atoms with Crippen LogP contribution in [0.2, 0.25) is 0 Å². The Kier molecular flexibility index (Phi) is 3.32. The van der Waals surface area contributed by atoms with Crippen LogP contribution in [-0.2, 0) is 15.5 Å². The lowest BCUT2D eigenvalue weighted by Crippen LogP contribution is -2.18. The molecular weight excluding hydrogens is 172 g/mol. The van der Waals surface area contributed by atoms with Crippen LogP contribution in [-0.4, -0.2) is 22.3 Å². The molecule has 0 aromatic rings. The van der Waals surface area contributed by atoms with Crippen molar-refractivity contribution in [2.75, 3.05) is 18.1 Å². The molecule has 1 saturated heterocycles. The summed E-state index contributed by atoms with van der Waals surface area (Å²) >= 11 is 0. The first kappa shape index (κ1) is 9.78. The zero-order chi connectivity index (χ0) is 9.03. The van der Waals surface area contributed by atoms with Crippen molar-refractivity contribution in [3.8, 4) is 0 Å². The third-order valence-electron chi connectivity index (χ3n) is 2.38. The molecule has 1 aliphatic heterocycles. The van der Waals surface area contributed by atoms with E-state index in [0.717, 1.165) is 24.3 Å². The molecule has 2 atom stereocenters. The predicted octanol–water partition coefficient (Wildman–Crippen LogP) is 1.70. The second-order valence-corrected chi connectivity index (χ2v) is 5.21. The fraction of sp³-hybridized carbons (Fsp3) is 0.778. The van der Waals surface area contributed by atoms with E-state index in [9.17, 15) is 4.21 Å². The summed E-state index contributed by atoms with van der Waals surface area (Å²) in [5, 5.41) is 0. The lowest BCUT2D eigenvalue weighted by Gasteiger charge is -2.21. The van der Waals surface area contributed by atoms with Gasteiger partial charge in [0, 0.05) is 22.3 Å². The van der Waals surface area contributed by atoms with E-state index in [2.05, 4.69) is 13.5 Å². The molecule has 0 N–H and O–H groups in total. The summed E-state index contributed by atoms with van der Waals surface area (Å²) in [4.78, 5) is 0. The molecule has 0 aliphatic carbocycles. The van der Waals surface area contributed by atoms with Crippen LogP contribution in [0.3, 0.4) is 0 Å². The van der Waals surface area contributed by atoms with Crippen LogP contribution in [0.25, 0.3) is 0 Å². The number of rotatable bonds is 4. The smallest absolute Gasteiger partial charge is 0.0878 e. The maximum absolute atomic E-state index is 11.1. The predicted molar refractivity (Wildman–Crippen MR) is 51.4 cm³/mol. The zero-order valence-corrected chi connectivity index (χ0v) is 8.36. The summed E-state index contributed by atoms with van der Waals surface area (Å²) < 4.78 is 16.2. The molecule has 12 heavy (non-hydrogen) atoms. The quantitative estimate of drug-likeness (QED) is 0.496. The Morgan fingerprint density at radius 2 is 2.50 bits per heavy atom. The molecule has 0 radical (unpaired) electrons. The second-order valence-electron chi connectivity index (χ2n) is 3.64. The first-order chi connectivity index (χ1) is 5.66. The maximum atomic E-state index is 11.1. The van der Waals surface area contributed by atoms with Crippen molar-refractivity contribution in [3.05, 3.63) is 12.8 Å². The van der Waals surface area contributed by atoms with Gasteiger partial charge in [0.2, 0.25) is 0 Å². The standard InChI is InChI=1S/C9H16O2S/c1-3-11-6-4-9(2)5-7-12(10)8-9/h3H,1,4-8H2,2H3. The fourth-order valence-corrected chi connectivity index (χ4v) is 3.41. The van der Waals surface area contributed by atoms with Crippen molar-refractivity contribution in [1.82, 2.24) is 0 Å². The van der Waals surface area contributed by atoms with Gasteiger partial charge in [-0.2, -0.15) is 0 Å². The summed E-state index contributed by atoms with van der Waals surface area (Å²) in [6, 6.07) is 0. The van der Waals surface area contributed by atoms with Crippen LogP contribution in [0.5, 0.6) is 0 Å². The van der Waals surface area contributed by atoms with Gasteiger partial charge >= 0.3 is 0 Å². The lowest BCUT2D eigenvalue weighted by molar-refractivity contribution is 0.191. The van der Waals surface area contributed by atoms with Gasteiger partial charge in [-0.25, -0.2) is 0 Å². The van der Waals surface area contributed by atoms with Gasteiger partial charge in [-0.05, 0) is 18.3 Å². The van der Waals surface area contributed by atoms with Gasteiger partial charge in [-0.1, -0.05) is 13.5 Å². The van der Waals surface area contributed by atoms with Gasteiger partial charge in [0.1, 0.15) is 0 Å². The highest BCUT2D eigenvalue weighted by Crippen LogP contribution is 2.33. The summed E-state index contributed by atoms with van der Waals surface area (Å²) in [6.45, 7) is 6.37. The molecule has 2 unspecified atom stereocenters. The summed E-state index contributed by atoms with van der Waals surface area (Å²) in [5.74, 6) is 1.71. The van der Waals surface area contributed by atoms with Gasteiger partial charge in [0.25, 0.3) is 0 Å². The molecule has 0 amide bonds. The number of hydrogen-bond donors (Lipinski definition) is 0. The van der Waals surface area contributed by atoms with Crippen LogP contribution in [0.1, 0.15) is 19.8 Å². The highest BCUT2D eigenvalue weighted by Gasteiger charge is 2.32. The molecule has 0 aromatic heterocycles. The van der Waals surface area contributed by atoms with Crippen LogP contribution in [0.4, 0.5) is 0 Å². The minimum absolute atomic E-state index is 0.244. The molecule has 0 bridgehead atoms. The Hall–Kier alpha value is -0.310. The summed E-state index contributed by atoms with van der Waals surface area (Å²) in [7, 11) is -0.579. The molecule has 3 heteroatoms. The Balaban J connectivity index is 2.29. The topological polar surface area (TPSA) is 26.3 Å². The van der Waals surface area contributed by atoms with E-state index in [-0.39, 0.29) is 5.41 Å². The Bertz CT molecular complexity index is 191. The van der Waals surface area contributed by atoms with E-state index in [0.29, 0.717) is 6.61 Å². The molecule has 1 fully saturated rings. The molecule has 1 aliphatic rings. The largest absolute Gasteiger partial charge is 0.502 e. The molecule has 1 rings (SSSR count). The van der Waals surface area contributed by atoms with E-state index < -0.39 is 10.8 Å². The van der Waals surface area contributed by atoms with Crippen LogP contribution < -0.4 is 0 Å². The van der Waals surface area contributed by atoms with Crippen molar-refractivity contribution in [2.45, 2.75) is 19.8 Å². The van der Waals surface area contributed by atoms with Gasteiger partial charge in [0.05, 0.1) is 12.9 Å². The molecule has 2 nitrogen and oxygen atoms in total. The highest BCUT2D eigenvalue weighted by molar-refractivity contribution is 7.85. The Morgan fingerprint density at radius 3 is 3.00 bits per heavy atom. The third kappa shape index (κ3) is 2.63. The van der Waals surface area contributed by atoms with Crippen molar-refractivity contribution in [3.63, 3.8) is 0 Å². The van der Waals surface area contributed by atoms with Crippen molar-refractivity contribution >= 4 is 10.8 Å².